The van der Waals surface area contributed by atoms with E-state index in [0.717, 1.165) is 5.56 Å². The van der Waals surface area contributed by atoms with Crippen molar-refractivity contribution in [3.8, 4) is 11.4 Å². The number of halogens is 2. The van der Waals surface area contributed by atoms with Gasteiger partial charge in [-0.25, -0.2) is 9.37 Å². The number of aryl methyl sites for hydroxylation is 1. The largest absolute Gasteiger partial charge is 0.346 e. The van der Waals surface area contributed by atoms with Crippen molar-refractivity contribution in [1.29, 1.82) is 0 Å². The molecule has 0 aliphatic heterocycles. The predicted octanol–water partition coefficient (Wildman–Crippen LogP) is 2.64. The van der Waals surface area contributed by atoms with E-state index in [-0.39, 0.29) is 24.3 Å². The Kier molecular flexibility index (Phi) is 5.65. The molecule has 0 aliphatic carbocycles. The van der Waals surface area contributed by atoms with Crippen molar-refractivity contribution in [2.75, 3.05) is 6.54 Å². The summed E-state index contributed by atoms with van der Waals surface area (Å²) in [6.07, 6.45) is 1.96. The number of nitrogens with two attached hydrogens (primary N) is 1. The van der Waals surface area contributed by atoms with Gasteiger partial charge in [0.05, 0.1) is 11.2 Å². The first-order valence-corrected chi connectivity index (χ1v) is 9.12. The van der Waals surface area contributed by atoms with Crippen LogP contribution in [0.1, 0.15) is 15.4 Å². The number of aromatic nitrogens is 3. The summed E-state index contributed by atoms with van der Waals surface area (Å²) in [4.78, 5) is 16.8. The first-order valence-electron chi connectivity index (χ1n) is 7.86. The van der Waals surface area contributed by atoms with Gasteiger partial charge in [0.2, 0.25) is 0 Å². The minimum Gasteiger partial charge on any atom is -0.346 e. The predicted molar refractivity (Wildman–Crippen MR) is 99.7 cm³/mol. The zero-order valence-corrected chi connectivity index (χ0v) is 15.5. The fraction of sp³-hybridized carbons (Fsp3) is 0.235. The van der Waals surface area contributed by atoms with E-state index >= 15 is 0 Å². The third-order valence-corrected chi connectivity index (χ3v) is 4.94. The van der Waals surface area contributed by atoms with Crippen LogP contribution in [0.4, 0.5) is 4.39 Å². The van der Waals surface area contributed by atoms with Crippen LogP contribution in [0.2, 0.25) is 5.02 Å². The van der Waals surface area contributed by atoms with E-state index in [9.17, 15) is 9.18 Å². The van der Waals surface area contributed by atoms with Gasteiger partial charge in [-0.15, -0.1) is 11.3 Å². The topological polar surface area (TPSA) is 85.8 Å². The van der Waals surface area contributed by atoms with Crippen LogP contribution >= 0.6 is 22.9 Å². The molecule has 2 aromatic heterocycles. The molecule has 0 bridgehead atoms. The molecule has 6 nitrogen and oxygen atoms in total. The monoisotopic (exact) mass is 393 g/mol. The second-order valence-electron chi connectivity index (χ2n) is 5.74. The van der Waals surface area contributed by atoms with Gasteiger partial charge in [0, 0.05) is 25.0 Å². The molecular weight excluding hydrogens is 377 g/mol. The highest BCUT2D eigenvalue weighted by molar-refractivity contribution is 7.12. The number of hydrogen-bond acceptors (Lipinski definition) is 5. The lowest BCUT2D eigenvalue weighted by atomic mass is 10.1. The minimum atomic E-state index is -0.327. The van der Waals surface area contributed by atoms with E-state index in [0.29, 0.717) is 27.8 Å². The van der Waals surface area contributed by atoms with Crippen molar-refractivity contribution in [1.82, 2.24) is 20.1 Å². The lowest BCUT2D eigenvalue weighted by Gasteiger charge is -2.16. The van der Waals surface area contributed by atoms with Gasteiger partial charge in [0.25, 0.3) is 5.91 Å². The molecule has 0 saturated carbocycles. The summed E-state index contributed by atoms with van der Waals surface area (Å²) in [5.41, 5.74) is 7.75. The minimum absolute atomic E-state index is 0.230. The van der Waals surface area contributed by atoms with Crippen molar-refractivity contribution in [3.63, 3.8) is 0 Å². The Morgan fingerprint density at radius 2 is 2.31 bits per heavy atom. The summed E-state index contributed by atoms with van der Waals surface area (Å²) < 4.78 is 14.9. The second kappa shape index (κ2) is 7.94. The van der Waals surface area contributed by atoms with Gasteiger partial charge in [0.1, 0.15) is 17.2 Å². The third-order valence-electron chi connectivity index (χ3n) is 3.83. The summed E-state index contributed by atoms with van der Waals surface area (Å²) in [7, 11) is 1.75. The zero-order valence-electron chi connectivity index (χ0n) is 13.9. The maximum atomic E-state index is 13.3. The Bertz CT molecular complexity index is 906. The fourth-order valence-corrected chi connectivity index (χ4v) is 3.54. The molecular formula is C17H17ClFN5OS. The average Bonchev–Trinajstić information content (AvgIpc) is 3.21. The van der Waals surface area contributed by atoms with Crippen LogP contribution in [0.5, 0.6) is 0 Å². The number of rotatable bonds is 6. The SMILES string of the molecule is Cn1ncc(Cl)c1-c1csc(C(=O)N[C@H](CN)Cc2cccc(F)c2)n1. The van der Waals surface area contributed by atoms with Gasteiger partial charge >= 0.3 is 0 Å². The molecule has 1 amide bonds. The van der Waals surface area contributed by atoms with Crippen molar-refractivity contribution in [3.05, 3.63) is 57.3 Å². The number of benzene rings is 1. The van der Waals surface area contributed by atoms with E-state index in [4.69, 9.17) is 17.3 Å². The van der Waals surface area contributed by atoms with Gasteiger partial charge in [-0.05, 0) is 24.1 Å². The molecule has 3 N–H and O–H groups in total. The van der Waals surface area contributed by atoms with Crippen LogP contribution in [0.15, 0.2) is 35.8 Å². The Balaban J connectivity index is 1.71. The number of amides is 1. The summed E-state index contributed by atoms with van der Waals surface area (Å²) >= 11 is 7.32. The van der Waals surface area contributed by atoms with Crippen LogP contribution in [0, 0.1) is 5.82 Å². The van der Waals surface area contributed by atoms with Crippen LogP contribution in [0.3, 0.4) is 0 Å². The third kappa shape index (κ3) is 4.09. The standard InChI is InChI=1S/C17H17ClFN5OS/c1-24-15(13(18)8-21-24)14-9-26-17(23-14)16(25)22-12(7-20)6-10-3-2-4-11(19)5-10/h2-5,8-9,12H,6-7,20H2,1H3,(H,22,25)/t12-/m0/s1. The lowest BCUT2D eigenvalue weighted by molar-refractivity contribution is 0.0937. The Morgan fingerprint density at radius 3 is 2.96 bits per heavy atom. The Morgan fingerprint density at radius 1 is 1.50 bits per heavy atom. The molecule has 0 radical (unpaired) electrons. The molecule has 0 fully saturated rings. The highest BCUT2D eigenvalue weighted by Crippen LogP contribution is 2.28. The maximum absolute atomic E-state index is 13.3. The molecule has 0 spiro atoms. The van der Waals surface area contributed by atoms with Crippen molar-refractivity contribution >= 4 is 28.8 Å². The van der Waals surface area contributed by atoms with Crippen molar-refractivity contribution in [2.45, 2.75) is 12.5 Å². The number of nitrogens with one attached hydrogen (secondary N) is 1. The number of thiazole rings is 1. The van der Waals surface area contributed by atoms with E-state index in [1.54, 1.807) is 29.2 Å². The highest BCUT2D eigenvalue weighted by Gasteiger charge is 2.19. The van der Waals surface area contributed by atoms with E-state index < -0.39 is 0 Å². The van der Waals surface area contributed by atoms with E-state index in [1.165, 1.54) is 29.7 Å². The molecule has 3 aromatic rings. The Labute approximate surface area is 158 Å². The maximum Gasteiger partial charge on any atom is 0.280 e. The number of nitrogens with zero attached hydrogens (tertiary/aromatic N) is 3. The molecule has 9 heteroatoms. The van der Waals surface area contributed by atoms with Gasteiger partial charge in [-0.2, -0.15) is 5.10 Å². The second-order valence-corrected chi connectivity index (χ2v) is 7.01. The molecule has 0 unspecified atom stereocenters. The molecule has 0 aliphatic rings. The van der Waals surface area contributed by atoms with Gasteiger partial charge in [-0.3, -0.25) is 9.48 Å². The molecule has 0 saturated heterocycles. The smallest absolute Gasteiger partial charge is 0.280 e. The quantitative estimate of drug-likeness (QED) is 0.674. The van der Waals surface area contributed by atoms with Gasteiger partial charge in [-0.1, -0.05) is 23.7 Å². The molecule has 26 heavy (non-hydrogen) atoms. The number of carbonyl (C=O) groups is 1. The van der Waals surface area contributed by atoms with Crippen molar-refractivity contribution in [2.24, 2.45) is 12.8 Å². The zero-order chi connectivity index (χ0) is 18.7. The molecule has 2 heterocycles. The van der Waals surface area contributed by atoms with Crippen LogP contribution < -0.4 is 11.1 Å². The highest BCUT2D eigenvalue weighted by atomic mass is 35.5. The number of carbonyl (C=O) groups excluding carboxylic acids is 1. The van der Waals surface area contributed by atoms with Crippen LogP contribution in [-0.2, 0) is 13.5 Å². The molecule has 1 aromatic carbocycles. The summed E-state index contributed by atoms with van der Waals surface area (Å²) in [6.45, 7) is 0.230. The summed E-state index contributed by atoms with van der Waals surface area (Å²) in [6, 6.07) is 5.91. The average molecular weight is 394 g/mol. The molecule has 1 atom stereocenters. The summed E-state index contributed by atoms with van der Waals surface area (Å²) in [5, 5.41) is 9.43. The molecule has 3 rings (SSSR count). The first-order chi connectivity index (χ1) is 12.5. The van der Waals surface area contributed by atoms with Gasteiger partial charge < -0.3 is 11.1 Å². The van der Waals surface area contributed by atoms with E-state index in [2.05, 4.69) is 15.4 Å². The summed E-state index contributed by atoms with van der Waals surface area (Å²) in [5.74, 6) is -0.645. The van der Waals surface area contributed by atoms with Crippen molar-refractivity contribution < 1.29 is 9.18 Å². The van der Waals surface area contributed by atoms with Gasteiger partial charge in [0.15, 0.2) is 5.01 Å². The number of hydrogen-bond donors (Lipinski definition) is 2. The van der Waals surface area contributed by atoms with E-state index in [1.807, 2.05) is 0 Å². The first kappa shape index (κ1) is 18.5. The molecule has 136 valence electrons. The van der Waals surface area contributed by atoms with Crippen LogP contribution in [-0.4, -0.2) is 33.3 Å². The lowest BCUT2D eigenvalue weighted by Crippen LogP contribution is -2.41. The fourth-order valence-electron chi connectivity index (χ4n) is 2.57. The normalized spacial score (nSPS) is 12.2. The Hall–Kier alpha value is -2.29. The van der Waals surface area contributed by atoms with Crippen LogP contribution in [0.25, 0.3) is 11.4 Å².